The number of fused-ring (bicyclic) bond motifs is 1. The van der Waals surface area contributed by atoms with E-state index in [-0.39, 0.29) is 39.2 Å². The van der Waals surface area contributed by atoms with Crippen molar-refractivity contribution < 1.29 is 22.7 Å². The van der Waals surface area contributed by atoms with E-state index in [4.69, 9.17) is 4.74 Å². The van der Waals surface area contributed by atoms with E-state index in [0.717, 1.165) is 11.1 Å². The topological polar surface area (TPSA) is 131 Å². The lowest BCUT2D eigenvalue weighted by Crippen LogP contribution is -2.42. The molecule has 3 heterocycles. The lowest BCUT2D eigenvalue weighted by Gasteiger charge is -2.31. The van der Waals surface area contributed by atoms with Crippen LogP contribution in [-0.4, -0.2) is 53.5 Å². The third-order valence-electron chi connectivity index (χ3n) is 7.34. The van der Waals surface area contributed by atoms with Gasteiger partial charge in [0.1, 0.15) is 22.7 Å². The Kier molecular flexibility index (Phi) is 7.48. The highest BCUT2D eigenvalue weighted by atomic mass is 32.2. The van der Waals surface area contributed by atoms with Crippen LogP contribution in [0.25, 0.3) is 22.0 Å². The molecule has 41 heavy (non-hydrogen) atoms. The van der Waals surface area contributed by atoms with Crippen LogP contribution in [-0.2, 0) is 28.2 Å². The molecular formula is C30H32N4O6S. The first-order chi connectivity index (χ1) is 19.5. The molecule has 0 unspecified atom stereocenters. The van der Waals surface area contributed by atoms with Gasteiger partial charge in [0, 0.05) is 61.4 Å². The molecule has 2 amide bonds. The van der Waals surface area contributed by atoms with Gasteiger partial charge in [0.15, 0.2) is 9.84 Å². The quantitative estimate of drug-likeness (QED) is 0.291. The SMILES string of the molecule is CCNC(=O)c1cc2c(-c3cc(S(=O)(=O)CC)ccc3Oc3c(C)cccc3CN3CCC3=O)cn(C)c(=O)c2[nH]1. The first-order valence-corrected chi connectivity index (χ1v) is 15.1. The van der Waals surface area contributed by atoms with Crippen molar-refractivity contribution in [3.63, 3.8) is 0 Å². The first-order valence-electron chi connectivity index (χ1n) is 13.5. The van der Waals surface area contributed by atoms with E-state index in [0.29, 0.717) is 54.1 Å². The van der Waals surface area contributed by atoms with Crippen LogP contribution in [0, 0.1) is 6.92 Å². The van der Waals surface area contributed by atoms with Crippen molar-refractivity contribution in [3.05, 3.63) is 75.8 Å². The van der Waals surface area contributed by atoms with E-state index in [1.165, 1.54) is 10.6 Å². The highest BCUT2D eigenvalue weighted by Crippen LogP contribution is 2.40. The molecule has 1 saturated heterocycles. The number of hydrogen-bond acceptors (Lipinski definition) is 6. The maximum atomic E-state index is 13.0. The summed E-state index contributed by atoms with van der Waals surface area (Å²) in [6.07, 6.45) is 2.14. The third kappa shape index (κ3) is 5.24. The number of likely N-dealkylation sites (tertiary alicyclic amines) is 1. The Labute approximate surface area is 237 Å². The number of carbonyl (C=O) groups is 2. The second kappa shape index (κ2) is 10.9. The van der Waals surface area contributed by atoms with Crippen LogP contribution in [0.5, 0.6) is 11.5 Å². The summed E-state index contributed by atoms with van der Waals surface area (Å²) in [5, 5.41) is 3.19. The summed E-state index contributed by atoms with van der Waals surface area (Å²) < 4.78 is 33.7. The molecule has 214 valence electrons. The highest BCUT2D eigenvalue weighted by molar-refractivity contribution is 7.91. The van der Waals surface area contributed by atoms with Gasteiger partial charge in [-0.05, 0) is 43.7 Å². The number of carbonyl (C=O) groups excluding carboxylic acids is 2. The number of aryl methyl sites for hydroxylation is 2. The first kappa shape index (κ1) is 28.2. The zero-order valence-corrected chi connectivity index (χ0v) is 24.2. The number of ether oxygens (including phenoxy) is 1. The maximum Gasteiger partial charge on any atom is 0.274 e. The van der Waals surface area contributed by atoms with Crippen LogP contribution >= 0.6 is 0 Å². The summed E-state index contributed by atoms with van der Waals surface area (Å²) in [6.45, 7) is 6.76. The van der Waals surface area contributed by atoms with Gasteiger partial charge in [-0.25, -0.2) is 8.42 Å². The average molecular weight is 577 g/mol. The van der Waals surface area contributed by atoms with Gasteiger partial charge in [-0.1, -0.05) is 25.1 Å². The van der Waals surface area contributed by atoms with Gasteiger partial charge in [-0.2, -0.15) is 0 Å². The van der Waals surface area contributed by atoms with Crippen molar-refractivity contribution in [2.45, 2.75) is 38.6 Å². The minimum Gasteiger partial charge on any atom is -0.456 e. The number of hydrogen-bond donors (Lipinski definition) is 2. The van der Waals surface area contributed by atoms with Crippen LogP contribution in [0.15, 0.2) is 58.4 Å². The van der Waals surface area contributed by atoms with Crippen LogP contribution in [0.1, 0.15) is 41.9 Å². The number of sulfone groups is 1. The molecule has 2 aromatic carbocycles. The minimum atomic E-state index is -3.58. The molecule has 1 aliphatic rings. The standard InChI is InChI=1S/C30H32N4O6S/c1-5-31-29(36)24-15-22-23(17-33(4)30(37)27(22)32-24)21-14-20(41(38,39)6-2)10-11-25(21)40-28-18(3)8-7-9-19(28)16-34-13-12-26(34)35/h7-11,14-15,17,32H,5-6,12-13,16H2,1-4H3,(H,31,36). The molecule has 4 aromatic rings. The van der Waals surface area contributed by atoms with Crippen molar-refractivity contribution in [1.29, 1.82) is 0 Å². The molecule has 1 aliphatic heterocycles. The Morgan fingerprint density at radius 1 is 1.10 bits per heavy atom. The van der Waals surface area contributed by atoms with Gasteiger partial charge < -0.3 is 24.5 Å². The fraction of sp³-hybridized carbons (Fsp3) is 0.300. The molecular weight excluding hydrogens is 544 g/mol. The van der Waals surface area contributed by atoms with Gasteiger partial charge in [0.2, 0.25) is 5.91 Å². The van der Waals surface area contributed by atoms with E-state index in [1.54, 1.807) is 50.2 Å². The van der Waals surface area contributed by atoms with Gasteiger partial charge in [0.05, 0.1) is 10.6 Å². The number of aromatic amines is 1. The number of pyridine rings is 1. The second-order valence-corrected chi connectivity index (χ2v) is 12.4. The Morgan fingerprint density at radius 3 is 2.54 bits per heavy atom. The zero-order chi connectivity index (χ0) is 29.5. The van der Waals surface area contributed by atoms with Crippen molar-refractivity contribution in [3.8, 4) is 22.6 Å². The number of aromatic nitrogens is 2. The molecule has 0 atom stereocenters. The van der Waals surface area contributed by atoms with Crippen molar-refractivity contribution in [2.75, 3.05) is 18.8 Å². The van der Waals surface area contributed by atoms with Gasteiger partial charge in [-0.3, -0.25) is 14.4 Å². The summed E-state index contributed by atoms with van der Waals surface area (Å²) in [4.78, 5) is 42.5. The molecule has 1 fully saturated rings. The number of para-hydroxylation sites is 1. The van der Waals surface area contributed by atoms with Crippen LogP contribution < -0.4 is 15.6 Å². The molecule has 10 nitrogen and oxygen atoms in total. The summed E-state index contributed by atoms with van der Waals surface area (Å²) in [6, 6.07) is 12.0. The summed E-state index contributed by atoms with van der Waals surface area (Å²) >= 11 is 0. The zero-order valence-electron chi connectivity index (χ0n) is 23.4. The van der Waals surface area contributed by atoms with Crippen LogP contribution in [0.4, 0.5) is 0 Å². The smallest absolute Gasteiger partial charge is 0.274 e. The summed E-state index contributed by atoms with van der Waals surface area (Å²) in [5.41, 5.74) is 2.72. The number of rotatable bonds is 9. The Morgan fingerprint density at radius 2 is 1.88 bits per heavy atom. The van der Waals surface area contributed by atoms with E-state index in [2.05, 4.69) is 10.3 Å². The number of benzene rings is 2. The predicted molar refractivity (Wildman–Crippen MR) is 156 cm³/mol. The van der Waals surface area contributed by atoms with Crippen LogP contribution in [0.2, 0.25) is 0 Å². The molecule has 0 spiro atoms. The number of nitrogens with zero attached hydrogens (tertiary/aromatic N) is 2. The molecule has 0 aliphatic carbocycles. The normalized spacial score (nSPS) is 13.4. The summed E-state index contributed by atoms with van der Waals surface area (Å²) in [7, 11) is -1.99. The number of β-lactam (4-membered cyclic amide) rings is 1. The predicted octanol–water partition coefficient (Wildman–Crippen LogP) is 3.91. The summed E-state index contributed by atoms with van der Waals surface area (Å²) in [5.74, 6) is 0.562. The monoisotopic (exact) mass is 576 g/mol. The number of amides is 2. The molecule has 11 heteroatoms. The van der Waals surface area contributed by atoms with E-state index in [1.807, 2.05) is 25.1 Å². The molecule has 0 bridgehead atoms. The maximum absolute atomic E-state index is 13.0. The van der Waals surface area contributed by atoms with Gasteiger partial charge in [-0.15, -0.1) is 0 Å². The Hall–Kier alpha value is -4.38. The molecule has 2 aromatic heterocycles. The lowest BCUT2D eigenvalue weighted by molar-refractivity contribution is -0.140. The Bertz CT molecular complexity index is 1850. The van der Waals surface area contributed by atoms with E-state index >= 15 is 0 Å². The fourth-order valence-corrected chi connectivity index (χ4v) is 5.83. The highest BCUT2D eigenvalue weighted by Gasteiger charge is 2.26. The van der Waals surface area contributed by atoms with Crippen LogP contribution in [0.3, 0.4) is 0 Å². The van der Waals surface area contributed by atoms with Crippen molar-refractivity contribution >= 4 is 32.6 Å². The van der Waals surface area contributed by atoms with E-state index in [9.17, 15) is 22.8 Å². The second-order valence-electron chi connectivity index (χ2n) is 10.1. The van der Waals surface area contributed by atoms with E-state index < -0.39 is 9.84 Å². The van der Waals surface area contributed by atoms with Gasteiger partial charge >= 0.3 is 0 Å². The Balaban J connectivity index is 1.72. The number of H-pyrrole nitrogens is 1. The number of nitrogens with one attached hydrogen (secondary N) is 2. The minimum absolute atomic E-state index is 0.0789. The fourth-order valence-electron chi connectivity index (χ4n) is 4.92. The largest absolute Gasteiger partial charge is 0.456 e. The van der Waals surface area contributed by atoms with Gasteiger partial charge in [0.25, 0.3) is 11.5 Å². The molecule has 0 radical (unpaired) electrons. The molecule has 5 rings (SSSR count). The molecule has 2 N–H and O–H groups in total. The third-order valence-corrected chi connectivity index (χ3v) is 9.07. The average Bonchev–Trinajstić information content (AvgIpc) is 3.41. The lowest BCUT2D eigenvalue weighted by atomic mass is 10.0. The van der Waals surface area contributed by atoms with Crippen molar-refractivity contribution in [2.24, 2.45) is 7.05 Å². The molecule has 0 saturated carbocycles. The van der Waals surface area contributed by atoms with Crippen molar-refractivity contribution in [1.82, 2.24) is 19.8 Å².